The van der Waals surface area contributed by atoms with Crippen molar-refractivity contribution < 1.29 is 23.0 Å². The highest BCUT2D eigenvalue weighted by Gasteiger charge is 2.23. The van der Waals surface area contributed by atoms with Crippen LogP contribution in [-0.2, 0) is 28.9 Å². The molecule has 1 aliphatic rings. The third-order valence-electron chi connectivity index (χ3n) is 4.50. The maximum absolute atomic E-state index is 14.2. The molecule has 0 fully saturated rings. The number of halogens is 2. The van der Waals surface area contributed by atoms with Gasteiger partial charge in [0.05, 0.1) is 20.1 Å². The normalized spacial score (nSPS) is 13.2. The van der Waals surface area contributed by atoms with Crippen LogP contribution in [0.1, 0.15) is 23.6 Å². The van der Waals surface area contributed by atoms with Gasteiger partial charge < -0.3 is 14.8 Å². The van der Waals surface area contributed by atoms with Crippen molar-refractivity contribution in [2.24, 2.45) is 0 Å². The first-order chi connectivity index (χ1) is 12.5. The van der Waals surface area contributed by atoms with Gasteiger partial charge >= 0.3 is 5.97 Å². The smallest absolute Gasteiger partial charge is 0.310 e. The van der Waals surface area contributed by atoms with E-state index in [1.807, 2.05) is 0 Å². The van der Waals surface area contributed by atoms with E-state index in [2.05, 4.69) is 5.32 Å². The summed E-state index contributed by atoms with van der Waals surface area (Å²) in [5.41, 5.74) is 3.06. The van der Waals surface area contributed by atoms with Crippen LogP contribution < -0.4 is 10.1 Å². The summed E-state index contributed by atoms with van der Waals surface area (Å²) in [5, 5.41) is 3.19. The van der Waals surface area contributed by atoms with E-state index >= 15 is 0 Å². The Morgan fingerprint density at radius 2 is 2.00 bits per heavy atom. The summed E-state index contributed by atoms with van der Waals surface area (Å²) in [4.78, 5) is 11.8. The Balaban J connectivity index is 2.11. The predicted molar refractivity (Wildman–Crippen MR) is 94.1 cm³/mol. The number of methoxy groups -OCH3 is 1. The quantitative estimate of drug-likeness (QED) is 0.830. The fourth-order valence-electron chi connectivity index (χ4n) is 3.30. The summed E-state index contributed by atoms with van der Waals surface area (Å²) >= 11 is 0. The molecule has 138 valence electrons. The molecule has 0 aromatic heterocycles. The number of esters is 1. The zero-order chi connectivity index (χ0) is 18.7. The molecular formula is C20H21F2NO3. The molecule has 0 aliphatic carbocycles. The minimum absolute atomic E-state index is 0.106. The van der Waals surface area contributed by atoms with Gasteiger partial charge in [-0.1, -0.05) is 6.07 Å². The first-order valence-corrected chi connectivity index (χ1v) is 8.58. The van der Waals surface area contributed by atoms with Crippen LogP contribution in [0.5, 0.6) is 5.75 Å². The average Bonchev–Trinajstić information content (AvgIpc) is 2.65. The van der Waals surface area contributed by atoms with Crippen molar-refractivity contribution in [3.63, 3.8) is 0 Å². The molecule has 4 nitrogen and oxygen atoms in total. The van der Waals surface area contributed by atoms with Crippen molar-refractivity contribution in [1.82, 2.24) is 5.32 Å². The van der Waals surface area contributed by atoms with E-state index in [1.165, 1.54) is 13.2 Å². The van der Waals surface area contributed by atoms with Gasteiger partial charge in [0.15, 0.2) is 11.6 Å². The third kappa shape index (κ3) is 3.55. The van der Waals surface area contributed by atoms with E-state index in [1.54, 1.807) is 25.1 Å². The molecule has 6 heteroatoms. The Morgan fingerprint density at radius 3 is 2.73 bits per heavy atom. The summed E-state index contributed by atoms with van der Waals surface area (Å²) in [6.07, 6.45) is 0.533. The van der Waals surface area contributed by atoms with Crippen LogP contribution >= 0.6 is 0 Å². The minimum Gasteiger partial charge on any atom is -0.496 e. The van der Waals surface area contributed by atoms with Crippen LogP contribution in [0.3, 0.4) is 0 Å². The molecule has 0 saturated heterocycles. The monoisotopic (exact) mass is 361 g/mol. The second kappa shape index (κ2) is 7.83. The highest BCUT2D eigenvalue weighted by Crippen LogP contribution is 2.37. The van der Waals surface area contributed by atoms with Crippen molar-refractivity contribution >= 4 is 5.97 Å². The van der Waals surface area contributed by atoms with Gasteiger partial charge in [0.1, 0.15) is 5.75 Å². The zero-order valence-corrected chi connectivity index (χ0v) is 14.8. The van der Waals surface area contributed by atoms with Crippen molar-refractivity contribution in [2.75, 3.05) is 20.3 Å². The van der Waals surface area contributed by atoms with Crippen LogP contribution in [0.4, 0.5) is 8.78 Å². The van der Waals surface area contributed by atoms with E-state index in [9.17, 15) is 13.6 Å². The highest BCUT2D eigenvalue weighted by molar-refractivity contribution is 5.78. The second-order valence-electron chi connectivity index (χ2n) is 6.12. The van der Waals surface area contributed by atoms with Crippen molar-refractivity contribution in [2.45, 2.75) is 26.3 Å². The van der Waals surface area contributed by atoms with E-state index in [0.29, 0.717) is 48.6 Å². The first-order valence-electron chi connectivity index (χ1n) is 8.58. The molecule has 3 rings (SSSR count). The third-order valence-corrected chi connectivity index (χ3v) is 4.50. The fraction of sp³-hybridized carbons (Fsp3) is 0.350. The van der Waals surface area contributed by atoms with Crippen LogP contribution in [0.15, 0.2) is 24.3 Å². The Hall–Kier alpha value is -2.47. The van der Waals surface area contributed by atoms with Crippen LogP contribution in [0.2, 0.25) is 0 Å². The molecule has 2 aromatic rings. The number of hydrogen-bond donors (Lipinski definition) is 1. The number of carbonyl (C=O) groups is 1. The van der Waals surface area contributed by atoms with Crippen molar-refractivity contribution in [3.05, 3.63) is 52.6 Å². The van der Waals surface area contributed by atoms with Gasteiger partial charge in [-0.3, -0.25) is 4.79 Å². The van der Waals surface area contributed by atoms with Crippen molar-refractivity contribution in [3.8, 4) is 16.9 Å². The standard InChI is InChI=1S/C20H21F2NO3/c1-3-26-19(24)9-12-4-5-18(25-2)15(8-12)14-10-17(21)20(22)13-6-7-23-11-16(13)14/h4-5,8,10,23H,3,6-7,9,11H2,1-2H3. The minimum atomic E-state index is -0.876. The lowest BCUT2D eigenvalue weighted by atomic mass is 9.90. The highest BCUT2D eigenvalue weighted by atomic mass is 19.2. The average molecular weight is 361 g/mol. The van der Waals surface area contributed by atoms with Gasteiger partial charge in [-0.25, -0.2) is 8.78 Å². The summed E-state index contributed by atoms with van der Waals surface area (Å²) in [6.45, 7) is 3.11. The fourth-order valence-corrected chi connectivity index (χ4v) is 3.30. The molecule has 0 spiro atoms. The lowest BCUT2D eigenvalue weighted by Gasteiger charge is -2.23. The molecular weight excluding hydrogens is 340 g/mol. The molecule has 0 saturated carbocycles. The van der Waals surface area contributed by atoms with E-state index in [-0.39, 0.29) is 12.4 Å². The molecule has 0 bridgehead atoms. The van der Waals surface area contributed by atoms with Gasteiger partial charge in [0.2, 0.25) is 0 Å². The summed E-state index contributed by atoms with van der Waals surface area (Å²) in [5.74, 6) is -1.46. The Labute approximate surface area is 151 Å². The molecule has 0 amide bonds. The lowest BCUT2D eigenvalue weighted by molar-refractivity contribution is -0.142. The van der Waals surface area contributed by atoms with E-state index in [0.717, 1.165) is 11.1 Å². The van der Waals surface area contributed by atoms with Crippen LogP contribution in [0.25, 0.3) is 11.1 Å². The van der Waals surface area contributed by atoms with Gasteiger partial charge in [-0.2, -0.15) is 0 Å². The van der Waals surface area contributed by atoms with E-state index in [4.69, 9.17) is 9.47 Å². The topological polar surface area (TPSA) is 47.6 Å². The SMILES string of the molecule is CCOC(=O)Cc1ccc(OC)c(-c2cc(F)c(F)c3c2CNCC3)c1. The van der Waals surface area contributed by atoms with E-state index < -0.39 is 11.6 Å². The number of fused-ring (bicyclic) bond motifs is 1. The second-order valence-corrected chi connectivity index (χ2v) is 6.12. The summed E-state index contributed by atoms with van der Waals surface area (Å²) < 4.78 is 38.8. The van der Waals surface area contributed by atoms with Crippen LogP contribution in [-0.4, -0.2) is 26.2 Å². The number of benzene rings is 2. The van der Waals surface area contributed by atoms with Crippen molar-refractivity contribution in [1.29, 1.82) is 0 Å². The number of hydrogen-bond acceptors (Lipinski definition) is 4. The Morgan fingerprint density at radius 1 is 1.19 bits per heavy atom. The van der Waals surface area contributed by atoms with Gasteiger partial charge in [-0.05, 0) is 60.3 Å². The number of carbonyl (C=O) groups excluding carboxylic acids is 1. The molecule has 1 heterocycles. The maximum Gasteiger partial charge on any atom is 0.310 e. The first kappa shape index (κ1) is 18.3. The number of ether oxygens (including phenoxy) is 2. The van der Waals surface area contributed by atoms with Gasteiger partial charge in [0.25, 0.3) is 0 Å². The summed E-state index contributed by atoms with van der Waals surface area (Å²) in [6, 6.07) is 6.47. The molecule has 2 aromatic carbocycles. The Kier molecular flexibility index (Phi) is 5.52. The number of nitrogens with one attached hydrogen (secondary N) is 1. The summed E-state index contributed by atoms with van der Waals surface area (Å²) in [7, 11) is 1.52. The maximum atomic E-state index is 14.2. The molecule has 0 radical (unpaired) electrons. The predicted octanol–water partition coefficient (Wildman–Crippen LogP) is 3.39. The molecule has 0 unspecified atom stereocenters. The lowest BCUT2D eigenvalue weighted by Crippen LogP contribution is -2.25. The molecule has 26 heavy (non-hydrogen) atoms. The Bertz CT molecular complexity index is 836. The van der Waals surface area contributed by atoms with Gasteiger partial charge in [-0.15, -0.1) is 0 Å². The van der Waals surface area contributed by atoms with Gasteiger partial charge in [0, 0.05) is 12.1 Å². The number of rotatable bonds is 5. The zero-order valence-electron chi connectivity index (χ0n) is 14.8. The molecule has 1 aliphatic heterocycles. The van der Waals surface area contributed by atoms with Crippen LogP contribution in [0, 0.1) is 11.6 Å². The molecule has 1 N–H and O–H groups in total. The largest absolute Gasteiger partial charge is 0.496 e. The molecule has 0 atom stereocenters.